The first kappa shape index (κ1) is 18.4. The number of rotatable bonds is 3. The molecule has 4 aromatic rings. The Balaban J connectivity index is 1.45. The van der Waals surface area contributed by atoms with Gasteiger partial charge in [-0.15, -0.1) is 0 Å². The Morgan fingerprint density at radius 3 is 2.67 bits per heavy atom. The maximum atomic E-state index is 12.7. The predicted molar refractivity (Wildman–Crippen MR) is 113 cm³/mol. The topological polar surface area (TPSA) is 80.3 Å². The van der Waals surface area contributed by atoms with Crippen LogP contribution in [0.3, 0.4) is 0 Å². The highest BCUT2D eigenvalue weighted by Crippen LogP contribution is 2.26. The van der Waals surface area contributed by atoms with E-state index in [0.717, 1.165) is 35.5 Å². The summed E-state index contributed by atoms with van der Waals surface area (Å²) in [6.45, 7) is 4.69. The number of aromatic nitrogens is 4. The van der Waals surface area contributed by atoms with E-state index in [1.54, 1.807) is 12.1 Å². The first-order chi connectivity index (χ1) is 14.7. The van der Waals surface area contributed by atoms with Gasteiger partial charge in [0.1, 0.15) is 11.6 Å². The van der Waals surface area contributed by atoms with Crippen molar-refractivity contribution < 1.29 is 9.21 Å². The Morgan fingerprint density at radius 1 is 1.00 bits per heavy atom. The van der Waals surface area contributed by atoms with E-state index in [0.29, 0.717) is 31.2 Å². The molecule has 1 aliphatic rings. The van der Waals surface area contributed by atoms with Crippen molar-refractivity contribution in [3.63, 3.8) is 0 Å². The molecule has 1 aromatic carbocycles. The van der Waals surface area contributed by atoms with Crippen molar-refractivity contribution in [3.05, 3.63) is 66.5 Å². The van der Waals surface area contributed by atoms with E-state index in [2.05, 4.69) is 15.0 Å². The summed E-state index contributed by atoms with van der Waals surface area (Å²) in [5.41, 5.74) is 1.75. The molecular weight excluding hydrogens is 380 g/mol. The average molecular weight is 402 g/mol. The normalized spacial score (nSPS) is 14.8. The quantitative estimate of drug-likeness (QED) is 0.524. The summed E-state index contributed by atoms with van der Waals surface area (Å²) in [4.78, 5) is 26.1. The largest absolute Gasteiger partial charge is 0.459 e. The number of furan rings is 1. The van der Waals surface area contributed by atoms with E-state index in [1.165, 1.54) is 6.26 Å². The van der Waals surface area contributed by atoms with Crippen molar-refractivity contribution in [1.29, 1.82) is 0 Å². The second-order valence-electron chi connectivity index (χ2n) is 7.33. The molecule has 0 unspecified atom stereocenters. The number of hydrogen-bond donors (Lipinski definition) is 0. The minimum Gasteiger partial charge on any atom is -0.459 e. The lowest BCUT2D eigenvalue weighted by molar-refractivity contribution is 0.0735. The van der Waals surface area contributed by atoms with Gasteiger partial charge in [-0.05, 0) is 37.6 Å². The van der Waals surface area contributed by atoms with Crippen LogP contribution < -0.4 is 4.90 Å². The number of carbonyl (C=O) groups is 1. The molecule has 1 fully saturated rings. The van der Waals surface area contributed by atoms with Crippen molar-refractivity contribution in [2.75, 3.05) is 31.1 Å². The van der Waals surface area contributed by atoms with E-state index in [9.17, 15) is 4.79 Å². The molecule has 4 heterocycles. The summed E-state index contributed by atoms with van der Waals surface area (Å²) in [5.74, 6) is 1.88. The number of fused-ring (bicyclic) bond motifs is 1. The molecule has 0 N–H and O–H groups in total. The molecule has 1 saturated heterocycles. The van der Waals surface area contributed by atoms with Gasteiger partial charge in [-0.1, -0.05) is 18.2 Å². The van der Waals surface area contributed by atoms with Crippen LogP contribution in [0.4, 0.5) is 5.82 Å². The molecule has 0 radical (unpaired) electrons. The zero-order valence-electron chi connectivity index (χ0n) is 16.7. The van der Waals surface area contributed by atoms with Crippen molar-refractivity contribution in [3.8, 4) is 5.69 Å². The number of aryl methyl sites for hydroxylation is 1. The number of benzene rings is 1. The molecule has 3 aromatic heterocycles. The molecule has 8 nitrogen and oxygen atoms in total. The molecule has 30 heavy (non-hydrogen) atoms. The monoisotopic (exact) mass is 402 g/mol. The molecular formula is C22H22N6O2. The lowest BCUT2D eigenvalue weighted by atomic mass is 10.3. The second-order valence-corrected chi connectivity index (χ2v) is 7.33. The fraction of sp³-hybridized carbons (Fsp3) is 0.273. The maximum Gasteiger partial charge on any atom is 0.289 e. The van der Waals surface area contributed by atoms with Crippen molar-refractivity contribution in [2.24, 2.45) is 0 Å². The third kappa shape index (κ3) is 3.30. The number of hydrogen-bond acceptors (Lipinski definition) is 6. The minimum atomic E-state index is -0.0669. The van der Waals surface area contributed by atoms with Crippen LogP contribution in [0.15, 0.2) is 59.3 Å². The first-order valence-corrected chi connectivity index (χ1v) is 10.1. The van der Waals surface area contributed by atoms with Gasteiger partial charge in [0.15, 0.2) is 11.4 Å². The molecule has 8 heteroatoms. The summed E-state index contributed by atoms with van der Waals surface area (Å²) in [5, 5.41) is 5.49. The smallest absolute Gasteiger partial charge is 0.289 e. The van der Waals surface area contributed by atoms with Crippen LogP contribution in [-0.2, 0) is 0 Å². The third-order valence-electron chi connectivity index (χ3n) is 5.34. The maximum absolute atomic E-state index is 12.7. The van der Waals surface area contributed by atoms with Gasteiger partial charge in [0.25, 0.3) is 5.91 Å². The van der Waals surface area contributed by atoms with Gasteiger partial charge >= 0.3 is 0 Å². The third-order valence-corrected chi connectivity index (χ3v) is 5.34. The SMILES string of the molecule is Cc1nc(N2CCCN(C(=O)c3ccco3)CC2)c2cnn(-c3ccccc3)c2n1. The van der Waals surface area contributed by atoms with Gasteiger partial charge in [0, 0.05) is 26.2 Å². The second kappa shape index (κ2) is 7.62. The molecule has 1 amide bonds. The number of nitrogens with zero attached hydrogens (tertiary/aromatic N) is 6. The Bertz CT molecular complexity index is 1170. The minimum absolute atomic E-state index is 0.0669. The number of carbonyl (C=O) groups excluding carboxylic acids is 1. The van der Waals surface area contributed by atoms with Gasteiger partial charge in [-0.3, -0.25) is 4.79 Å². The Hall–Kier alpha value is -3.68. The molecule has 5 rings (SSSR count). The lowest BCUT2D eigenvalue weighted by Crippen LogP contribution is -2.35. The molecule has 0 saturated carbocycles. The van der Waals surface area contributed by atoms with E-state index in [1.807, 2.05) is 53.0 Å². The Morgan fingerprint density at radius 2 is 1.87 bits per heavy atom. The highest BCUT2D eigenvalue weighted by Gasteiger charge is 2.24. The summed E-state index contributed by atoms with van der Waals surface area (Å²) >= 11 is 0. The summed E-state index contributed by atoms with van der Waals surface area (Å²) in [6.07, 6.45) is 4.21. The predicted octanol–water partition coefficient (Wildman–Crippen LogP) is 3.07. The van der Waals surface area contributed by atoms with Crippen molar-refractivity contribution in [2.45, 2.75) is 13.3 Å². The van der Waals surface area contributed by atoms with Crippen LogP contribution in [0.25, 0.3) is 16.7 Å². The standard InChI is InChI=1S/C22H22N6O2/c1-16-24-20(18-15-23-28(21(18)25-16)17-7-3-2-4-8-17)26-10-6-11-27(13-12-26)22(29)19-9-5-14-30-19/h2-5,7-9,14-15H,6,10-13H2,1H3. The fourth-order valence-electron chi connectivity index (χ4n) is 3.89. The van der Waals surface area contributed by atoms with E-state index >= 15 is 0 Å². The van der Waals surface area contributed by atoms with Crippen LogP contribution in [0.2, 0.25) is 0 Å². The van der Waals surface area contributed by atoms with Crippen molar-refractivity contribution in [1.82, 2.24) is 24.6 Å². The summed E-state index contributed by atoms with van der Waals surface area (Å²) in [6, 6.07) is 13.4. The highest BCUT2D eigenvalue weighted by molar-refractivity contribution is 5.91. The van der Waals surface area contributed by atoms with Gasteiger partial charge in [-0.25, -0.2) is 14.6 Å². The average Bonchev–Trinajstić information content (AvgIpc) is 3.38. The van der Waals surface area contributed by atoms with E-state index in [4.69, 9.17) is 9.40 Å². The van der Waals surface area contributed by atoms with Gasteiger partial charge in [0.05, 0.1) is 23.5 Å². The van der Waals surface area contributed by atoms with Gasteiger partial charge in [0.2, 0.25) is 0 Å². The van der Waals surface area contributed by atoms with Gasteiger partial charge < -0.3 is 14.2 Å². The molecule has 0 aliphatic carbocycles. The van der Waals surface area contributed by atoms with Crippen LogP contribution >= 0.6 is 0 Å². The van der Waals surface area contributed by atoms with Crippen LogP contribution in [0, 0.1) is 6.92 Å². The van der Waals surface area contributed by atoms with Crippen LogP contribution in [0.1, 0.15) is 22.8 Å². The summed E-state index contributed by atoms with van der Waals surface area (Å²) < 4.78 is 7.13. The lowest BCUT2D eigenvalue weighted by Gasteiger charge is -2.23. The molecule has 1 aliphatic heterocycles. The van der Waals surface area contributed by atoms with Gasteiger partial charge in [-0.2, -0.15) is 5.10 Å². The zero-order valence-corrected chi connectivity index (χ0v) is 16.7. The molecule has 152 valence electrons. The Labute approximate surface area is 173 Å². The molecule has 0 atom stereocenters. The van der Waals surface area contributed by atoms with E-state index < -0.39 is 0 Å². The number of amides is 1. The van der Waals surface area contributed by atoms with E-state index in [-0.39, 0.29) is 5.91 Å². The van der Waals surface area contributed by atoms with Crippen LogP contribution in [-0.4, -0.2) is 56.7 Å². The first-order valence-electron chi connectivity index (χ1n) is 10.1. The Kier molecular flexibility index (Phi) is 4.66. The summed E-state index contributed by atoms with van der Waals surface area (Å²) in [7, 11) is 0. The highest BCUT2D eigenvalue weighted by atomic mass is 16.3. The molecule has 0 bridgehead atoms. The zero-order chi connectivity index (χ0) is 20.5. The van der Waals surface area contributed by atoms with Crippen molar-refractivity contribution >= 4 is 22.8 Å². The fourth-order valence-corrected chi connectivity index (χ4v) is 3.89. The number of anilines is 1. The van der Waals surface area contributed by atoms with Crippen LogP contribution in [0.5, 0.6) is 0 Å². The molecule has 0 spiro atoms. The number of para-hydroxylation sites is 1.